The standard InChI is InChI=1S/C14H16N2O2/c1-8-4-9(2)14(10(3)5-8)11-7-15-12(16-11)6-13(17)18/h4-5,7H,6H2,1-3H3,(H,15,16)(H,17,18). The van der Waals surface area contributed by atoms with Gasteiger partial charge in [0.2, 0.25) is 0 Å². The Balaban J connectivity index is 2.43. The molecular formula is C14H16N2O2. The van der Waals surface area contributed by atoms with Crippen molar-refractivity contribution in [1.29, 1.82) is 0 Å². The highest BCUT2D eigenvalue weighted by Crippen LogP contribution is 2.26. The van der Waals surface area contributed by atoms with E-state index in [1.807, 2.05) is 13.8 Å². The van der Waals surface area contributed by atoms with Gasteiger partial charge in [-0.1, -0.05) is 17.7 Å². The van der Waals surface area contributed by atoms with Crippen molar-refractivity contribution < 1.29 is 9.90 Å². The number of aromatic amines is 1. The van der Waals surface area contributed by atoms with Gasteiger partial charge in [0, 0.05) is 5.56 Å². The van der Waals surface area contributed by atoms with Crippen molar-refractivity contribution in [3.05, 3.63) is 40.8 Å². The van der Waals surface area contributed by atoms with Gasteiger partial charge in [0.1, 0.15) is 12.2 Å². The molecule has 0 saturated carbocycles. The molecule has 1 heterocycles. The molecule has 18 heavy (non-hydrogen) atoms. The minimum atomic E-state index is -0.881. The second-order valence-corrected chi connectivity index (χ2v) is 4.59. The first kappa shape index (κ1) is 12.4. The van der Waals surface area contributed by atoms with Gasteiger partial charge in [-0.2, -0.15) is 0 Å². The second kappa shape index (κ2) is 4.64. The summed E-state index contributed by atoms with van der Waals surface area (Å²) in [6, 6.07) is 4.22. The number of aliphatic carboxylic acids is 1. The highest BCUT2D eigenvalue weighted by Gasteiger charge is 2.11. The summed E-state index contributed by atoms with van der Waals surface area (Å²) in [4.78, 5) is 17.8. The molecule has 0 unspecified atom stereocenters. The first-order valence-corrected chi connectivity index (χ1v) is 5.81. The molecule has 0 aliphatic rings. The lowest BCUT2D eigenvalue weighted by Crippen LogP contribution is -2.01. The zero-order valence-corrected chi connectivity index (χ0v) is 10.7. The van der Waals surface area contributed by atoms with Crippen LogP contribution in [0.2, 0.25) is 0 Å². The Morgan fingerprint density at radius 3 is 2.44 bits per heavy atom. The van der Waals surface area contributed by atoms with E-state index in [9.17, 15) is 4.79 Å². The fraction of sp³-hybridized carbons (Fsp3) is 0.286. The van der Waals surface area contributed by atoms with E-state index in [0.717, 1.165) is 22.4 Å². The molecule has 0 aliphatic carbocycles. The summed E-state index contributed by atoms with van der Waals surface area (Å²) in [5.41, 5.74) is 5.53. The molecule has 0 amide bonds. The van der Waals surface area contributed by atoms with E-state index in [2.05, 4.69) is 29.0 Å². The van der Waals surface area contributed by atoms with Crippen LogP contribution >= 0.6 is 0 Å². The second-order valence-electron chi connectivity index (χ2n) is 4.59. The molecule has 94 valence electrons. The van der Waals surface area contributed by atoms with Crippen LogP contribution in [0, 0.1) is 20.8 Å². The Morgan fingerprint density at radius 2 is 1.89 bits per heavy atom. The fourth-order valence-corrected chi connectivity index (χ4v) is 2.33. The number of carboxylic acids is 1. The molecule has 4 nitrogen and oxygen atoms in total. The Bertz CT molecular complexity index is 577. The molecule has 2 rings (SSSR count). The molecule has 0 atom stereocenters. The van der Waals surface area contributed by atoms with Crippen LogP contribution in [0.5, 0.6) is 0 Å². The summed E-state index contributed by atoms with van der Waals surface area (Å²) in [5, 5.41) is 8.73. The number of nitrogens with one attached hydrogen (secondary N) is 1. The molecule has 0 radical (unpaired) electrons. The third-order valence-electron chi connectivity index (χ3n) is 2.89. The first-order chi connectivity index (χ1) is 8.47. The fourth-order valence-electron chi connectivity index (χ4n) is 2.33. The lowest BCUT2D eigenvalue weighted by Gasteiger charge is -2.09. The number of rotatable bonds is 3. The minimum absolute atomic E-state index is 0.0794. The van der Waals surface area contributed by atoms with Crippen molar-refractivity contribution in [2.24, 2.45) is 0 Å². The summed E-state index contributed by atoms with van der Waals surface area (Å²) in [7, 11) is 0. The number of carbonyl (C=O) groups is 1. The summed E-state index contributed by atoms with van der Waals surface area (Å²) in [6.07, 6.45) is 1.62. The SMILES string of the molecule is Cc1cc(C)c(-c2cnc(CC(=O)O)[nH]2)c(C)c1. The molecular weight excluding hydrogens is 228 g/mol. The van der Waals surface area contributed by atoms with Gasteiger partial charge in [-0.3, -0.25) is 4.79 Å². The van der Waals surface area contributed by atoms with Gasteiger partial charge in [-0.15, -0.1) is 0 Å². The molecule has 0 spiro atoms. The number of aromatic nitrogens is 2. The molecule has 0 fully saturated rings. The normalized spacial score (nSPS) is 10.6. The van der Waals surface area contributed by atoms with Crippen LogP contribution in [0.25, 0.3) is 11.3 Å². The zero-order valence-electron chi connectivity index (χ0n) is 10.7. The summed E-state index contributed by atoms with van der Waals surface area (Å²) < 4.78 is 0. The largest absolute Gasteiger partial charge is 0.481 e. The van der Waals surface area contributed by atoms with Gasteiger partial charge in [0.15, 0.2) is 0 Å². The predicted molar refractivity (Wildman–Crippen MR) is 69.6 cm³/mol. The van der Waals surface area contributed by atoms with Crippen molar-refractivity contribution in [1.82, 2.24) is 9.97 Å². The number of H-pyrrole nitrogens is 1. The number of carboxylic acid groups (broad SMARTS) is 1. The van der Waals surface area contributed by atoms with E-state index >= 15 is 0 Å². The Hall–Kier alpha value is -2.10. The molecule has 0 aliphatic heterocycles. The van der Waals surface area contributed by atoms with Gasteiger partial charge >= 0.3 is 5.97 Å². The third kappa shape index (κ3) is 2.42. The number of nitrogens with zero attached hydrogens (tertiary/aromatic N) is 1. The number of imidazole rings is 1. The van der Waals surface area contributed by atoms with E-state index in [1.54, 1.807) is 6.20 Å². The third-order valence-corrected chi connectivity index (χ3v) is 2.89. The minimum Gasteiger partial charge on any atom is -0.481 e. The predicted octanol–water partition coefficient (Wildman–Crippen LogP) is 2.63. The molecule has 2 aromatic rings. The Morgan fingerprint density at radius 1 is 1.28 bits per heavy atom. The van der Waals surface area contributed by atoms with Crippen LogP contribution in [0.4, 0.5) is 0 Å². The van der Waals surface area contributed by atoms with E-state index in [1.165, 1.54) is 5.56 Å². The van der Waals surface area contributed by atoms with Gasteiger partial charge in [0.05, 0.1) is 11.9 Å². The van der Waals surface area contributed by atoms with Crippen molar-refractivity contribution in [3.63, 3.8) is 0 Å². The summed E-state index contributed by atoms with van der Waals surface area (Å²) in [5.74, 6) is -0.398. The summed E-state index contributed by atoms with van der Waals surface area (Å²) in [6.45, 7) is 6.16. The molecule has 4 heteroatoms. The highest BCUT2D eigenvalue weighted by atomic mass is 16.4. The van der Waals surface area contributed by atoms with E-state index in [-0.39, 0.29) is 6.42 Å². The van der Waals surface area contributed by atoms with Crippen LogP contribution in [-0.4, -0.2) is 21.0 Å². The quantitative estimate of drug-likeness (QED) is 0.872. The topological polar surface area (TPSA) is 66.0 Å². The lowest BCUT2D eigenvalue weighted by molar-refractivity contribution is -0.136. The first-order valence-electron chi connectivity index (χ1n) is 5.81. The monoisotopic (exact) mass is 244 g/mol. The van der Waals surface area contributed by atoms with Crippen molar-refractivity contribution >= 4 is 5.97 Å². The van der Waals surface area contributed by atoms with Crippen molar-refractivity contribution in [2.75, 3.05) is 0 Å². The van der Waals surface area contributed by atoms with Gasteiger partial charge in [0.25, 0.3) is 0 Å². The maximum absolute atomic E-state index is 10.6. The maximum atomic E-state index is 10.6. The number of hydrogen-bond acceptors (Lipinski definition) is 2. The van der Waals surface area contributed by atoms with E-state index in [4.69, 9.17) is 5.11 Å². The van der Waals surface area contributed by atoms with Gasteiger partial charge in [-0.05, 0) is 31.9 Å². The van der Waals surface area contributed by atoms with Gasteiger partial charge in [-0.25, -0.2) is 4.98 Å². The zero-order chi connectivity index (χ0) is 13.3. The molecule has 0 bridgehead atoms. The average Bonchev–Trinajstić information content (AvgIpc) is 2.63. The van der Waals surface area contributed by atoms with Crippen LogP contribution in [0.15, 0.2) is 18.3 Å². The number of aryl methyl sites for hydroxylation is 3. The molecule has 1 aromatic heterocycles. The van der Waals surface area contributed by atoms with Gasteiger partial charge < -0.3 is 10.1 Å². The smallest absolute Gasteiger partial charge is 0.311 e. The average molecular weight is 244 g/mol. The Kier molecular flexibility index (Phi) is 3.19. The number of benzene rings is 1. The summed E-state index contributed by atoms with van der Waals surface area (Å²) >= 11 is 0. The molecule has 0 saturated heterocycles. The Labute approximate surface area is 106 Å². The lowest BCUT2D eigenvalue weighted by atomic mass is 9.98. The number of hydrogen-bond donors (Lipinski definition) is 2. The van der Waals surface area contributed by atoms with Crippen LogP contribution in [0.1, 0.15) is 22.5 Å². The molecule has 1 aromatic carbocycles. The van der Waals surface area contributed by atoms with Crippen molar-refractivity contribution in [2.45, 2.75) is 27.2 Å². The van der Waals surface area contributed by atoms with E-state index < -0.39 is 5.97 Å². The molecule has 2 N–H and O–H groups in total. The van der Waals surface area contributed by atoms with E-state index in [0.29, 0.717) is 5.82 Å². The van der Waals surface area contributed by atoms with Crippen LogP contribution < -0.4 is 0 Å². The maximum Gasteiger partial charge on any atom is 0.311 e. The van der Waals surface area contributed by atoms with Crippen molar-refractivity contribution in [3.8, 4) is 11.3 Å². The van der Waals surface area contributed by atoms with Crippen LogP contribution in [0.3, 0.4) is 0 Å². The highest BCUT2D eigenvalue weighted by molar-refractivity contribution is 5.71. The van der Waals surface area contributed by atoms with Crippen LogP contribution in [-0.2, 0) is 11.2 Å².